The molecular formula is C23H24N4O5. The van der Waals surface area contributed by atoms with E-state index in [0.717, 1.165) is 19.3 Å². The lowest BCUT2D eigenvalue weighted by molar-refractivity contribution is 0.0843. The van der Waals surface area contributed by atoms with Gasteiger partial charge in [0.25, 0.3) is 17.4 Å². The molecule has 1 aliphatic heterocycles. The Hall–Kier alpha value is -3.88. The zero-order chi connectivity index (χ0) is 22.5. The molecule has 1 aromatic heterocycles. The number of aryl methyl sites for hydroxylation is 1. The van der Waals surface area contributed by atoms with Gasteiger partial charge in [-0.2, -0.15) is 5.10 Å². The Morgan fingerprint density at radius 2 is 1.69 bits per heavy atom. The molecule has 166 valence electrons. The van der Waals surface area contributed by atoms with Gasteiger partial charge < -0.3 is 9.47 Å². The van der Waals surface area contributed by atoms with Crippen LogP contribution < -0.4 is 25.9 Å². The minimum Gasteiger partial charge on any atom is -0.486 e. The van der Waals surface area contributed by atoms with E-state index in [-0.39, 0.29) is 11.3 Å². The zero-order valence-corrected chi connectivity index (χ0v) is 17.7. The number of amides is 2. The van der Waals surface area contributed by atoms with Gasteiger partial charge in [0, 0.05) is 17.5 Å². The first-order valence-electron chi connectivity index (χ1n) is 10.6. The van der Waals surface area contributed by atoms with Gasteiger partial charge in [-0.15, -0.1) is 0 Å². The molecule has 9 nitrogen and oxygen atoms in total. The SMILES string of the molecule is CCCCCn1nc(C(=O)NNC(=O)c2ccc3c(c2)OCCO3)c2ccccc2c1=O. The molecule has 0 saturated carbocycles. The molecule has 2 aromatic carbocycles. The summed E-state index contributed by atoms with van der Waals surface area (Å²) >= 11 is 0. The molecule has 0 bridgehead atoms. The summed E-state index contributed by atoms with van der Waals surface area (Å²) in [6.07, 6.45) is 2.74. The molecule has 9 heteroatoms. The molecule has 0 radical (unpaired) electrons. The number of hydrazine groups is 1. The molecule has 1 aliphatic rings. The zero-order valence-electron chi connectivity index (χ0n) is 17.7. The van der Waals surface area contributed by atoms with Crippen molar-refractivity contribution in [2.24, 2.45) is 0 Å². The predicted octanol–water partition coefficient (Wildman–Crippen LogP) is 2.43. The molecule has 2 amide bonds. The topological polar surface area (TPSA) is 112 Å². The number of hydrogen-bond acceptors (Lipinski definition) is 6. The van der Waals surface area contributed by atoms with Gasteiger partial charge in [0.05, 0.1) is 5.39 Å². The first kappa shape index (κ1) is 21.4. The third kappa shape index (κ3) is 4.41. The van der Waals surface area contributed by atoms with Gasteiger partial charge in [-0.1, -0.05) is 38.0 Å². The lowest BCUT2D eigenvalue weighted by atomic mass is 10.1. The Labute approximate surface area is 184 Å². The second-order valence-electron chi connectivity index (χ2n) is 7.40. The van der Waals surface area contributed by atoms with Crippen molar-refractivity contribution in [3.8, 4) is 11.5 Å². The number of nitrogens with zero attached hydrogens (tertiary/aromatic N) is 2. The number of benzene rings is 2. The Morgan fingerprint density at radius 3 is 2.47 bits per heavy atom. The van der Waals surface area contributed by atoms with Crippen molar-refractivity contribution in [1.29, 1.82) is 0 Å². The summed E-state index contributed by atoms with van der Waals surface area (Å²) in [6.45, 7) is 3.35. The minimum absolute atomic E-state index is 0.0687. The lowest BCUT2D eigenvalue weighted by Gasteiger charge is -2.18. The summed E-state index contributed by atoms with van der Waals surface area (Å²) in [7, 11) is 0. The second kappa shape index (κ2) is 9.51. The van der Waals surface area contributed by atoms with Crippen molar-refractivity contribution in [3.63, 3.8) is 0 Å². The Balaban J connectivity index is 1.53. The van der Waals surface area contributed by atoms with Crippen LogP contribution in [0.3, 0.4) is 0 Å². The van der Waals surface area contributed by atoms with Crippen LogP contribution in [0.5, 0.6) is 11.5 Å². The third-order valence-corrected chi connectivity index (χ3v) is 5.15. The molecule has 2 N–H and O–H groups in total. The number of fused-ring (bicyclic) bond motifs is 2. The molecule has 32 heavy (non-hydrogen) atoms. The first-order chi connectivity index (χ1) is 15.6. The maximum Gasteiger partial charge on any atom is 0.290 e. The molecule has 0 saturated heterocycles. The molecule has 0 aliphatic carbocycles. The fraction of sp³-hybridized carbons (Fsp3) is 0.304. The molecule has 0 atom stereocenters. The average Bonchev–Trinajstić information content (AvgIpc) is 2.83. The summed E-state index contributed by atoms with van der Waals surface area (Å²) in [5, 5.41) is 5.12. The largest absolute Gasteiger partial charge is 0.486 e. The first-order valence-corrected chi connectivity index (χ1v) is 10.6. The average molecular weight is 436 g/mol. The highest BCUT2D eigenvalue weighted by molar-refractivity contribution is 6.06. The van der Waals surface area contributed by atoms with E-state index >= 15 is 0 Å². The maximum absolute atomic E-state index is 12.9. The van der Waals surface area contributed by atoms with Crippen molar-refractivity contribution < 1.29 is 19.1 Å². The Kier molecular flexibility index (Phi) is 6.34. The highest BCUT2D eigenvalue weighted by Crippen LogP contribution is 2.30. The van der Waals surface area contributed by atoms with E-state index in [1.54, 1.807) is 42.5 Å². The lowest BCUT2D eigenvalue weighted by Crippen LogP contribution is -2.42. The third-order valence-electron chi connectivity index (χ3n) is 5.15. The van der Waals surface area contributed by atoms with Gasteiger partial charge in [-0.3, -0.25) is 25.2 Å². The highest BCUT2D eigenvalue weighted by atomic mass is 16.6. The molecular weight excluding hydrogens is 412 g/mol. The maximum atomic E-state index is 12.9. The number of carbonyl (C=O) groups is 2. The van der Waals surface area contributed by atoms with E-state index in [0.29, 0.717) is 47.6 Å². The fourth-order valence-corrected chi connectivity index (χ4v) is 3.50. The number of rotatable bonds is 6. The van der Waals surface area contributed by atoms with E-state index in [2.05, 4.69) is 22.9 Å². The van der Waals surface area contributed by atoms with Gasteiger partial charge in [0.15, 0.2) is 17.2 Å². The summed E-state index contributed by atoms with van der Waals surface area (Å²) in [5.74, 6) is -0.0906. The number of aromatic nitrogens is 2. The fourth-order valence-electron chi connectivity index (χ4n) is 3.50. The molecule has 0 spiro atoms. The van der Waals surface area contributed by atoms with Crippen LogP contribution in [0, 0.1) is 0 Å². The van der Waals surface area contributed by atoms with E-state index in [9.17, 15) is 14.4 Å². The van der Waals surface area contributed by atoms with Crippen LogP contribution in [0.1, 0.15) is 47.0 Å². The number of hydrogen-bond donors (Lipinski definition) is 2. The summed E-state index contributed by atoms with van der Waals surface area (Å²) in [4.78, 5) is 38.1. The van der Waals surface area contributed by atoms with Crippen molar-refractivity contribution >= 4 is 22.6 Å². The van der Waals surface area contributed by atoms with E-state index < -0.39 is 11.8 Å². The number of carbonyl (C=O) groups excluding carboxylic acids is 2. The van der Waals surface area contributed by atoms with Crippen LogP contribution in [0.25, 0.3) is 10.8 Å². The van der Waals surface area contributed by atoms with Crippen LogP contribution >= 0.6 is 0 Å². The highest BCUT2D eigenvalue weighted by Gasteiger charge is 2.19. The quantitative estimate of drug-likeness (QED) is 0.454. The van der Waals surface area contributed by atoms with Gasteiger partial charge in [0.2, 0.25) is 0 Å². The molecule has 0 fully saturated rings. The molecule has 0 unspecified atom stereocenters. The van der Waals surface area contributed by atoms with Crippen molar-refractivity contribution in [2.45, 2.75) is 32.7 Å². The van der Waals surface area contributed by atoms with Gasteiger partial charge in [-0.05, 0) is 30.7 Å². The number of nitrogens with one attached hydrogen (secondary N) is 2. The standard InChI is InChI=1S/C23H24N4O5/c1-2-3-6-11-27-23(30)17-8-5-4-7-16(17)20(26-27)22(29)25-24-21(28)15-9-10-18-19(14-15)32-13-12-31-18/h4-5,7-10,14H,2-3,6,11-13H2,1H3,(H,24,28)(H,25,29). The summed E-state index contributed by atoms with van der Waals surface area (Å²) in [5.41, 5.74) is 4.92. The smallest absolute Gasteiger partial charge is 0.290 e. The van der Waals surface area contributed by atoms with E-state index in [4.69, 9.17) is 9.47 Å². The molecule has 3 aromatic rings. The van der Waals surface area contributed by atoms with Gasteiger partial charge >= 0.3 is 0 Å². The molecule has 2 heterocycles. The Morgan fingerprint density at radius 1 is 0.969 bits per heavy atom. The summed E-state index contributed by atoms with van der Waals surface area (Å²) in [6, 6.07) is 11.6. The Bertz CT molecular complexity index is 1220. The van der Waals surface area contributed by atoms with Crippen molar-refractivity contribution in [2.75, 3.05) is 13.2 Å². The van der Waals surface area contributed by atoms with Crippen LogP contribution in [-0.4, -0.2) is 34.8 Å². The van der Waals surface area contributed by atoms with Crippen molar-refractivity contribution in [3.05, 3.63) is 64.1 Å². The second-order valence-corrected chi connectivity index (χ2v) is 7.40. The van der Waals surface area contributed by atoms with Crippen molar-refractivity contribution in [1.82, 2.24) is 20.6 Å². The molecule has 4 rings (SSSR count). The minimum atomic E-state index is -0.615. The van der Waals surface area contributed by atoms with Crippen LogP contribution in [0.15, 0.2) is 47.3 Å². The normalized spacial score (nSPS) is 12.4. The monoisotopic (exact) mass is 436 g/mol. The summed E-state index contributed by atoms with van der Waals surface area (Å²) < 4.78 is 12.3. The number of unbranched alkanes of at least 4 members (excludes halogenated alkanes) is 2. The van der Waals surface area contributed by atoms with Crippen LogP contribution in [-0.2, 0) is 6.54 Å². The predicted molar refractivity (Wildman–Crippen MR) is 118 cm³/mol. The van der Waals surface area contributed by atoms with Gasteiger partial charge in [-0.25, -0.2) is 4.68 Å². The van der Waals surface area contributed by atoms with Crippen LogP contribution in [0.4, 0.5) is 0 Å². The van der Waals surface area contributed by atoms with Gasteiger partial charge in [0.1, 0.15) is 13.2 Å². The van der Waals surface area contributed by atoms with E-state index in [1.165, 1.54) is 4.68 Å². The number of ether oxygens (including phenoxy) is 2. The van der Waals surface area contributed by atoms with Crippen LogP contribution in [0.2, 0.25) is 0 Å². The van der Waals surface area contributed by atoms with E-state index in [1.807, 2.05) is 0 Å².